The van der Waals surface area contributed by atoms with Gasteiger partial charge in [-0.3, -0.25) is 4.79 Å². The first-order chi connectivity index (χ1) is 39.3. The smallest absolute Gasteiger partial charge is 0.220 e. The van der Waals surface area contributed by atoms with Gasteiger partial charge in [0, 0.05) is 6.42 Å². The van der Waals surface area contributed by atoms with E-state index < -0.39 is 49.5 Å². The Labute approximate surface area is 495 Å². The van der Waals surface area contributed by atoms with Crippen molar-refractivity contribution in [2.45, 2.75) is 397 Å². The lowest BCUT2D eigenvalue weighted by atomic mass is 9.99. The molecule has 1 fully saturated rings. The lowest BCUT2D eigenvalue weighted by molar-refractivity contribution is -0.302. The molecule has 9 nitrogen and oxygen atoms in total. The molecule has 1 saturated heterocycles. The Hall–Kier alpha value is -1.59. The van der Waals surface area contributed by atoms with Crippen LogP contribution in [0.3, 0.4) is 0 Å². The van der Waals surface area contributed by atoms with Gasteiger partial charge in [-0.1, -0.05) is 339 Å². The summed E-state index contributed by atoms with van der Waals surface area (Å²) >= 11 is 0. The second kappa shape index (κ2) is 60.5. The molecule has 1 aliphatic rings. The number of aliphatic hydroxyl groups excluding tert-OH is 5. The molecule has 0 aromatic heterocycles. The summed E-state index contributed by atoms with van der Waals surface area (Å²) < 4.78 is 11.3. The van der Waals surface area contributed by atoms with E-state index in [-0.39, 0.29) is 12.5 Å². The fraction of sp³-hybridized carbons (Fsp3) is 0.901. The van der Waals surface area contributed by atoms with Crippen LogP contribution in [0, 0.1) is 0 Å². The number of allylic oxidation sites excluding steroid dienone is 5. The van der Waals surface area contributed by atoms with E-state index in [4.69, 9.17) is 9.47 Å². The maximum absolute atomic E-state index is 13.1. The molecule has 1 rings (SSSR count). The lowest BCUT2D eigenvalue weighted by Gasteiger charge is -2.40. The van der Waals surface area contributed by atoms with Crippen molar-refractivity contribution in [2.75, 3.05) is 13.2 Å². The number of aliphatic hydroxyl groups is 5. The topological polar surface area (TPSA) is 149 Å². The summed E-state index contributed by atoms with van der Waals surface area (Å²) in [4.78, 5) is 13.1. The van der Waals surface area contributed by atoms with Crippen LogP contribution in [0.25, 0.3) is 0 Å². The van der Waals surface area contributed by atoms with Crippen LogP contribution >= 0.6 is 0 Å². The molecule has 0 radical (unpaired) electrons. The van der Waals surface area contributed by atoms with Gasteiger partial charge in [-0.15, -0.1) is 0 Å². The molecule has 0 bridgehead atoms. The normalized spacial score (nSPS) is 18.6. The average Bonchev–Trinajstić information content (AvgIpc) is 3.46. The van der Waals surface area contributed by atoms with Crippen LogP contribution in [0.4, 0.5) is 0 Å². The zero-order chi connectivity index (χ0) is 57.9. The molecule has 0 aromatic carbocycles. The molecule has 9 heteroatoms. The second-order valence-electron chi connectivity index (χ2n) is 24.7. The van der Waals surface area contributed by atoms with Crippen LogP contribution in [-0.2, 0) is 14.3 Å². The zero-order valence-corrected chi connectivity index (χ0v) is 52.9. The van der Waals surface area contributed by atoms with Crippen molar-refractivity contribution in [3.8, 4) is 0 Å². The van der Waals surface area contributed by atoms with E-state index in [2.05, 4.69) is 43.5 Å². The standard InChI is InChI=1S/C71H135NO8/c1-3-5-7-9-11-13-15-17-19-21-22-23-24-25-26-27-28-29-30-31-32-33-34-35-36-37-38-39-40-41-42-43-45-47-49-51-53-55-57-59-61-67(75)72-64(63-79-71-70(78)69(77)68(76)66(62-73)80-71)65(74)60-58-56-54-52-50-48-46-44-20-18-16-14-12-10-8-6-4-2/h20,44,50,52,58,60,64-66,68-71,73-74,76-78H,3-19,21-43,45-49,51,53-57,59,61-63H2,1-2H3,(H,72,75)/b44-20+,52-50+,60-58+. The van der Waals surface area contributed by atoms with E-state index in [1.54, 1.807) is 6.08 Å². The van der Waals surface area contributed by atoms with Gasteiger partial charge in [0.15, 0.2) is 6.29 Å². The molecule has 1 aliphatic heterocycles. The van der Waals surface area contributed by atoms with E-state index in [1.165, 1.54) is 289 Å². The molecule has 80 heavy (non-hydrogen) atoms. The van der Waals surface area contributed by atoms with Crippen molar-refractivity contribution in [3.05, 3.63) is 36.5 Å². The number of ether oxygens (including phenoxy) is 2. The average molecular weight is 1130 g/mol. The number of carbonyl (C=O) groups excluding carboxylic acids is 1. The molecule has 0 aromatic rings. The number of amides is 1. The van der Waals surface area contributed by atoms with E-state index in [9.17, 15) is 30.3 Å². The third kappa shape index (κ3) is 48.7. The molecular formula is C71H135NO8. The molecule has 6 N–H and O–H groups in total. The minimum atomic E-state index is -1.57. The van der Waals surface area contributed by atoms with E-state index >= 15 is 0 Å². The second-order valence-corrected chi connectivity index (χ2v) is 24.7. The third-order valence-corrected chi connectivity index (χ3v) is 16.9. The summed E-state index contributed by atoms with van der Waals surface area (Å²) in [5.74, 6) is -0.184. The Bertz CT molecular complexity index is 1360. The predicted octanol–water partition coefficient (Wildman–Crippen LogP) is 19.0. The van der Waals surface area contributed by atoms with Crippen LogP contribution in [0.2, 0.25) is 0 Å². The van der Waals surface area contributed by atoms with Gasteiger partial charge in [0.1, 0.15) is 24.4 Å². The van der Waals surface area contributed by atoms with Gasteiger partial charge in [0.05, 0.1) is 25.4 Å². The SMILES string of the molecule is CCCCCCCCC/C=C/CC/C=C/CC/C=C/C(O)C(COC1OC(CO)C(O)C(O)C1O)NC(=O)CCCCCCCCCCCCCCCCCCCCCCCCCCCCCCCCCCCCCCCCCC. The van der Waals surface area contributed by atoms with Gasteiger partial charge in [0.25, 0.3) is 0 Å². The Morgan fingerprint density at radius 2 is 0.713 bits per heavy atom. The van der Waals surface area contributed by atoms with Crippen molar-refractivity contribution >= 4 is 5.91 Å². The predicted molar refractivity (Wildman–Crippen MR) is 341 cm³/mol. The third-order valence-electron chi connectivity index (χ3n) is 16.9. The summed E-state index contributed by atoms with van der Waals surface area (Å²) in [5, 5.41) is 54.6. The summed E-state index contributed by atoms with van der Waals surface area (Å²) in [7, 11) is 0. The quantitative estimate of drug-likeness (QED) is 0.0261. The number of unbranched alkanes of at least 4 members (excludes halogenated alkanes) is 48. The van der Waals surface area contributed by atoms with Gasteiger partial charge >= 0.3 is 0 Å². The van der Waals surface area contributed by atoms with Crippen molar-refractivity contribution in [2.24, 2.45) is 0 Å². The highest BCUT2D eigenvalue weighted by molar-refractivity contribution is 5.76. The molecule has 7 unspecified atom stereocenters. The number of carbonyl (C=O) groups is 1. The Morgan fingerprint density at radius 3 is 1.05 bits per heavy atom. The maximum Gasteiger partial charge on any atom is 0.220 e. The monoisotopic (exact) mass is 1130 g/mol. The summed E-state index contributed by atoms with van der Waals surface area (Å²) in [6.07, 6.45) is 74.3. The van der Waals surface area contributed by atoms with E-state index in [0.29, 0.717) is 6.42 Å². The molecule has 7 atom stereocenters. The Morgan fingerprint density at radius 1 is 0.412 bits per heavy atom. The minimum absolute atomic E-state index is 0.184. The fourth-order valence-electron chi connectivity index (χ4n) is 11.4. The highest BCUT2D eigenvalue weighted by Crippen LogP contribution is 2.23. The number of rotatable bonds is 62. The van der Waals surface area contributed by atoms with Crippen molar-refractivity contribution in [1.29, 1.82) is 0 Å². The first kappa shape index (κ1) is 76.4. The minimum Gasteiger partial charge on any atom is -0.394 e. The molecular weight excluding hydrogens is 995 g/mol. The zero-order valence-electron chi connectivity index (χ0n) is 52.9. The van der Waals surface area contributed by atoms with Gasteiger partial charge in [-0.2, -0.15) is 0 Å². The molecule has 0 saturated carbocycles. The van der Waals surface area contributed by atoms with Crippen LogP contribution in [0.15, 0.2) is 36.5 Å². The molecule has 1 heterocycles. The van der Waals surface area contributed by atoms with Gasteiger partial charge in [0.2, 0.25) is 5.91 Å². The highest BCUT2D eigenvalue weighted by Gasteiger charge is 2.44. The molecule has 472 valence electrons. The number of nitrogens with one attached hydrogen (secondary N) is 1. The van der Waals surface area contributed by atoms with Crippen LogP contribution < -0.4 is 5.32 Å². The fourth-order valence-corrected chi connectivity index (χ4v) is 11.4. The van der Waals surface area contributed by atoms with Crippen molar-refractivity contribution < 1.29 is 39.8 Å². The van der Waals surface area contributed by atoms with Gasteiger partial charge < -0.3 is 40.3 Å². The molecule has 0 spiro atoms. The maximum atomic E-state index is 13.1. The van der Waals surface area contributed by atoms with Crippen LogP contribution in [0.1, 0.15) is 354 Å². The molecule has 1 amide bonds. The van der Waals surface area contributed by atoms with Crippen molar-refractivity contribution in [3.63, 3.8) is 0 Å². The lowest BCUT2D eigenvalue weighted by Crippen LogP contribution is -2.60. The summed E-state index contributed by atoms with van der Waals surface area (Å²) in [6.45, 7) is 3.79. The number of hydrogen-bond acceptors (Lipinski definition) is 8. The summed E-state index contributed by atoms with van der Waals surface area (Å²) in [5.41, 5.74) is 0. The summed E-state index contributed by atoms with van der Waals surface area (Å²) in [6, 6.07) is -0.827. The van der Waals surface area contributed by atoms with Crippen LogP contribution in [-0.4, -0.2) is 87.5 Å². The van der Waals surface area contributed by atoms with E-state index in [1.807, 2.05) is 6.08 Å². The van der Waals surface area contributed by atoms with Gasteiger partial charge in [-0.25, -0.2) is 0 Å². The van der Waals surface area contributed by atoms with Gasteiger partial charge in [-0.05, 0) is 44.9 Å². The van der Waals surface area contributed by atoms with E-state index in [0.717, 1.165) is 44.9 Å². The molecule has 0 aliphatic carbocycles. The Kier molecular flexibility index (Phi) is 57.8. The number of hydrogen-bond donors (Lipinski definition) is 6. The highest BCUT2D eigenvalue weighted by atomic mass is 16.7. The Balaban J connectivity index is 2.04. The largest absolute Gasteiger partial charge is 0.394 e. The first-order valence-electron chi connectivity index (χ1n) is 35.2. The van der Waals surface area contributed by atoms with Crippen molar-refractivity contribution in [1.82, 2.24) is 5.32 Å². The first-order valence-corrected chi connectivity index (χ1v) is 35.2. The van der Waals surface area contributed by atoms with Crippen LogP contribution in [0.5, 0.6) is 0 Å².